The fourth-order valence-corrected chi connectivity index (χ4v) is 5.32. The zero-order valence-electron chi connectivity index (χ0n) is 12.5. The third kappa shape index (κ3) is 5.72. The quantitative estimate of drug-likeness (QED) is 0.797. The summed E-state index contributed by atoms with van der Waals surface area (Å²) in [5.41, 5.74) is 1.29. The first kappa shape index (κ1) is 17.0. The van der Waals surface area contributed by atoms with Gasteiger partial charge in [0.25, 0.3) is 0 Å². The Morgan fingerprint density at radius 1 is 1.43 bits per heavy atom. The Labute approximate surface area is 136 Å². The van der Waals surface area contributed by atoms with Crippen molar-refractivity contribution in [3.63, 3.8) is 0 Å². The summed E-state index contributed by atoms with van der Waals surface area (Å²) < 4.78 is 24.3. The minimum Gasteiger partial charge on any atom is -0.314 e. The van der Waals surface area contributed by atoms with Crippen LogP contribution in [0.4, 0.5) is 0 Å². The maximum Gasteiger partial charge on any atom is 0.150 e. The summed E-state index contributed by atoms with van der Waals surface area (Å²) >= 11 is 3.51. The average Bonchev–Trinajstić information content (AvgIpc) is 2.75. The van der Waals surface area contributed by atoms with E-state index in [9.17, 15) is 8.42 Å². The van der Waals surface area contributed by atoms with Crippen LogP contribution in [0.1, 0.15) is 31.7 Å². The predicted octanol–water partition coefficient (Wildman–Crippen LogP) is 3.18. The van der Waals surface area contributed by atoms with Crippen molar-refractivity contribution in [2.75, 3.05) is 18.1 Å². The first-order chi connectivity index (χ1) is 9.98. The van der Waals surface area contributed by atoms with E-state index in [0.717, 1.165) is 36.7 Å². The molecule has 1 aromatic rings. The molecule has 2 rings (SSSR count). The van der Waals surface area contributed by atoms with Crippen molar-refractivity contribution in [1.29, 1.82) is 0 Å². The molecule has 1 aromatic carbocycles. The van der Waals surface area contributed by atoms with Crippen LogP contribution in [-0.4, -0.2) is 32.5 Å². The van der Waals surface area contributed by atoms with Gasteiger partial charge >= 0.3 is 0 Å². The topological polar surface area (TPSA) is 46.2 Å². The third-order valence-corrected chi connectivity index (χ3v) is 6.33. The van der Waals surface area contributed by atoms with Crippen LogP contribution in [0.2, 0.25) is 0 Å². The molecule has 1 heterocycles. The highest BCUT2D eigenvalue weighted by atomic mass is 79.9. The van der Waals surface area contributed by atoms with Crippen LogP contribution in [0, 0.1) is 5.92 Å². The molecule has 21 heavy (non-hydrogen) atoms. The zero-order valence-corrected chi connectivity index (χ0v) is 14.9. The van der Waals surface area contributed by atoms with Gasteiger partial charge in [-0.25, -0.2) is 8.42 Å². The Morgan fingerprint density at radius 2 is 2.24 bits per heavy atom. The molecule has 0 bridgehead atoms. The minimum absolute atomic E-state index is 0.316. The van der Waals surface area contributed by atoms with E-state index in [1.807, 2.05) is 6.07 Å². The summed E-state index contributed by atoms with van der Waals surface area (Å²) in [5.74, 6) is 1.06. The molecule has 0 aromatic heterocycles. The van der Waals surface area contributed by atoms with Gasteiger partial charge in [0, 0.05) is 10.5 Å². The maximum atomic E-state index is 11.6. The highest BCUT2D eigenvalue weighted by molar-refractivity contribution is 9.10. The molecule has 0 spiro atoms. The van der Waals surface area contributed by atoms with Crippen molar-refractivity contribution in [3.05, 3.63) is 34.3 Å². The molecular weight excluding hydrogens is 350 g/mol. The Kier molecular flexibility index (Phi) is 6.26. The Bertz CT molecular complexity index is 559. The van der Waals surface area contributed by atoms with Gasteiger partial charge in [-0.1, -0.05) is 35.0 Å². The smallest absolute Gasteiger partial charge is 0.150 e. The van der Waals surface area contributed by atoms with Gasteiger partial charge in [0.2, 0.25) is 0 Å². The number of halogens is 1. The lowest BCUT2D eigenvalue weighted by Crippen LogP contribution is -2.34. The van der Waals surface area contributed by atoms with Gasteiger partial charge in [-0.2, -0.15) is 0 Å². The SMILES string of the molecule is CCCNC(Cc1cccc(Br)c1)CC1CCS(=O)(=O)C1. The number of sulfone groups is 1. The van der Waals surface area contributed by atoms with Crippen LogP contribution in [0.25, 0.3) is 0 Å². The average molecular weight is 374 g/mol. The van der Waals surface area contributed by atoms with Crippen molar-refractivity contribution in [2.24, 2.45) is 5.92 Å². The van der Waals surface area contributed by atoms with E-state index < -0.39 is 9.84 Å². The van der Waals surface area contributed by atoms with Crippen LogP contribution in [-0.2, 0) is 16.3 Å². The fourth-order valence-electron chi connectivity index (χ4n) is 3.00. The Hall–Kier alpha value is -0.390. The molecule has 2 unspecified atom stereocenters. The third-order valence-electron chi connectivity index (χ3n) is 4.00. The molecular formula is C16H24BrNO2S. The summed E-state index contributed by atoms with van der Waals surface area (Å²) in [4.78, 5) is 0. The number of hydrogen-bond donors (Lipinski definition) is 1. The van der Waals surface area contributed by atoms with Gasteiger partial charge in [-0.05, 0) is 55.8 Å². The highest BCUT2D eigenvalue weighted by Gasteiger charge is 2.29. The van der Waals surface area contributed by atoms with Crippen LogP contribution in [0.5, 0.6) is 0 Å². The van der Waals surface area contributed by atoms with Crippen molar-refractivity contribution in [3.8, 4) is 0 Å². The molecule has 0 saturated carbocycles. The minimum atomic E-state index is -2.78. The summed E-state index contributed by atoms with van der Waals surface area (Å²) in [6, 6.07) is 8.72. The van der Waals surface area contributed by atoms with E-state index in [4.69, 9.17) is 0 Å². The molecule has 1 fully saturated rings. The normalized spacial score (nSPS) is 22.3. The van der Waals surface area contributed by atoms with Crippen molar-refractivity contribution < 1.29 is 8.42 Å². The van der Waals surface area contributed by atoms with E-state index >= 15 is 0 Å². The molecule has 1 aliphatic rings. The van der Waals surface area contributed by atoms with Gasteiger partial charge in [-0.15, -0.1) is 0 Å². The van der Waals surface area contributed by atoms with Crippen molar-refractivity contribution in [1.82, 2.24) is 5.32 Å². The molecule has 5 heteroatoms. The van der Waals surface area contributed by atoms with E-state index in [1.54, 1.807) is 0 Å². The van der Waals surface area contributed by atoms with E-state index in [-0.39, 0.29) is 0 Å². The van der Waals surface area contributed by atoms with Crippen LogP contribution in [0.3, 0.4) is 0 Å². The highest BCUT2D eigenvalue weighted by Crippen LogP contribution is 2.24. The van der Waals surface area contributed by atoms with E-state index in [0.29, 0.717) is 23.5 Å². The molecule has 0 amide bonds. The molecule has 118 valence electrons. The second-order valence-electron chi connectivity index (χ2n) is 5.99. The standard InChI is InChI=1S/C16H24BrNO2S/c1-2-7-18-16(10-13-4-3-5-15(17)9-13)11-14-6-8-21(19,20)12-14/h3-5,9,14,16,18H,2,6-8,10-12H2,1H3. The van der Waals surface area contributed by atoms with Crippen molar-refractivity contribution in [2.45, 2.75) is 38.6 Å². The maximum absolute atomic E-state index is 11.6. The first-order valence-electron chi connectivity index (χ1n) is 7.67. The molecule has 3 nitrogen and oxygen atoms in total. The summed E-state index contributed by atoms with van der Waals surface area (Å²) in [5, 5.41) is 3.58. The number of hydrogen-bond acceptors (Lipinski definition) is 3. The summed E-state index contributed by atoms with van der Waals surface area (Å²) in [6.07, 6.45) is 3.82. The largest absolute Gasteiger partial charge is 0.314 e. The number of rotatable bonds is 7. The monoisotopic (exact) mass is 373 g/mol. The first-order valence-corrected chi connectivity index (χ1v) is 10.3. The zero-order chi connectivity index (χ0) is 15.3. The molecule has 0 aliphatic carbocycles. The second kappa shape index (κ2) is 7.75. The van der Waals surface area contributed by atoms with Gasteiger partial charge < -0.3 is 5.32 Å². The second-order valence-corrected chi connectivity index (χ2v) is 9.13. The molecule has 1 saturated heterocycles. The fraction of sp³-hybridized carbons (Fsp3) is 0.625. The van der Waals surface area contributed by atoms with Gasteiger partial charge in [0.05, 0.1) is 11.5 Å². The lowest BCUT2D eigenvalue weighted by atomic mass is 9.94. The van der Waals surface area contributed by atoms with Crippen LogP contribution >= 0.6 is 15.9 Å². The molecule has 1 N–H and O–H groups in total. The van der Waals surface area contributed by atoms with Gasteiger partial charge in [-0.3, -0.25) is 0 Å². The number of benzene rings is 1. The molecule has 2 atom stereocenters. The van der Waals surface area contributed by atoms with E-state index in [2.05, 4.69) is 46.4 Å². The lowest BCUT2D eigenvalue weighted by molar-refractivity contribution is 0.402. The van der Waals surface area contributed by atoms with Crippen molar-refractivity contribution >= 4 is 25.8 Å². The lowest BCUT2D eigenvalue weighted by Gasteiger charge is -2.21. The summed E-state index contributed by atoms with van der Waals surface area (Å²) in [6.45, 7) is 3.14. The van der Waals surface area contributed by atoms with E-state index in [1.165, 1.54) is 5.56 Å². The van der Waals surface area contributed by atoms with Gasteiger partial charge in [0.1, 0.15) is 0 Å². The molecule has 0 radical (unpaired) electrons. The Morgan fingerprint density at radius 3 is 2.86 bits per heavy atom. The summed E-state index contributed by atoms with van der Waals surface area (Å²) in [7, 11) is -2.78. The predicted molar refractivity (Wildman–Crippen MR) is 91.3 cm³/mol. The van der Waals surface area contributed by atoms with Crippen LogP contribution < -0.4 is 5.32 Å². The van der Waals surface area contributed by atoms with Gasteiger partial charge in [0.15, 0.2) is 9.84 Å². The molecule has 1 aliphatic heterocycles. The number of nitrogens with one attached hydrogen (secondary N) is 1. The Balaban J connectivity index is 1.97. The van der Waals surface area contributed by atoms with Crippen LogP contribution in [0.15, 0.2) is 28.7 Å².